The fourth-order valence-corrected chi connectivity index (χ4v) is 2.19. The van der Waals surface area contributed by atoms with Crippen molar-refractivity contribution >= 4 is 23.4 Å². The maximum Gasteiger partial charge on any atom is 0.260 e. The van der Waals surface area contributed by atoms with Crippen molar-refractivity contribution in [2.24, 2.45) is 5.73 Å². The second kappa shape index (κ2) is 5.93. The van der Waals surface area contributed by atoms with Gasteiger partial charge in [0.25, 0.3) is 11.8 Å². The van der Waals surface area contributed by atoms with E-state index in [0.29, 0.717) is 5.02 Å². The summed E-state index contributed by atoms with van der Waals surface area (Å²) in [5.74, 6) is -0.432. The molecule has 0 aliphatic carbocycles. The molecule has 102 valence electrons. The molecule has 1 fully saturated rings. The quantitative estimate of drug-likeness (QED) is 0.908. The van der Waals surface area contributed by atoms with Crippen LogP contribution in [0.25, 0.3) is 0 Å². The van der Waals surface area contributed by atoms with Crippen LogP contribution < -0.4 is 10.5 Å². The summed E-state index contributed by atoms with van der Waals surface area (Å²) < 4.78 is 5.38. The van der Waals surface area contributed by atoms with Gasteiger partial charge in [-0.05, 0) is 31.0 Å². The first-order chi connectivity index (χ1) is 9.08. The lowest BCUT2D eigenvalue weighted by atomic mass is 10.2. The Morgan fingerprint density at radius 1 is 1.32 bits per heavy atom. The van der Waals surface area contributed by atoms with E-state index < -0.39 is 5.91 Å². The van der Waals surface area contributed by atoms with Crippen LogP contribution in [0.5, 0.6) is 5.75 Å². The number of halogens is 1. The van der Waals surface area contributed by atoms with Crippen molar-refractivity contribution in [2.75, 3.05) is 19.7 Å². The Balaban J connectivity index is 2.02. The number of benzene rings is 1. The van der Waals surface area contributed by atoms with Gasteiger partial charge in [0.2, 0.25) is 0 Å². The topological polar surface area (TPSA) is 72.6 Å². The van der Waals surface area contributed by atoms with Gasteiger partial charge in [-0.3, -0.25) is 9.59 Å². The molecule has 1 aromatic rings. The number of carbonyl (C=O) groups excluding carboxylic acids is 2. The van der Waals surface area contributed by atoms with E-state index in [1.165, 1.54) is 6.07 Å². The number of likely N-dealkylation sites (tertiary alicyclic amines) is 1. The number of nitrogens with two attached hydrogens (primary N) is 1. The largest absolute Gasteiger partial charge is 0.483 e. The predicted octanol–water partition coefficient (Wildman–Crippen LogP) is 1.44. The van der Waals surface area contributed by atoms with Gasteiger partial charge in [0.1, 0.15) is 5.75 Å². The van der Waals surface area contributed by atoms with Crippen LogP contribution >= 0.6 is 11.6 Å². The van der Waals surface area contributed by atoms with Crippen LogP contribution in [0.2, 0.25) is 5.02 Å². The van der Waals surface area contributed by atoms with E-state index in [1.807, 2.05) is 0 Å². The molecular weight excluding hydrogens is 268 g/mol. The fraction of sp³-hybridized carbons (Fsp3) is 0.385. The first kappa shape index (κ1) is 13.7. The summed E-state index contributed by atoms with van der Waals surface area (Å²) in [5.41, 5.74) is 5.42. The van der Waals surface area contributed by atoms with Gasteiger partial charge in [0.15, 0.2) is 6.61 Å². The van der Waals surface area contributed by atoms with E-state index in [9.17, 15) is 9.59 Å². The third kappa shape index (κ3) is 3.38. The van der Waals surface area contributed by atoms with E-state index in [0.717, 1.165) is 25.9 Å². The molecule has 2 N–H and O–H groups in total. The predicted molar refractivity (Wildman–Crippen MR) is 71.3 cm³/mol. The zero-order valence-corrected chi connectivity index (χ0v) is 11.2. The number of hydrogen-bond acceptors (Lipinski definition) is 3. The maximum atomic E-state index is 11.8. The second-order valence-electron chi connectivity index (χ2n) is 4.38. The molecule has 19 heavy (non-hydrogen) atoms. The van der Waals surface area contributed by atoms with E-state index >= 15 is 0 Å². The summed E-state index contributed by atoms with van der Waals surface area (Å²) in [6, 6.07) is 4.56. The van der Waals surface area contributed by atoms with Crippen LogP contribution in [0.15, 0.2) is 18.2 Å². The number of ether oxygens (including phenoxy) is 1. The van der Waals surface area contributed by atoms with Gasteiger partial charge < -0.3 is 15.4 Å². The van der Waals surface area contributed by atoms with Crippen molar-refractivity contribution in [1.29, 1.82) is 0 Å². The summed E-state index contributed by atoms with van der Waals surface area (Å²) in [5, 5.41) is 0.395. The molecule has 0 unspecified atom stereocenters. The summed E-state index contributed by atoms with van der Waals surface area (Å²) in [6.45, 7) is 1.44. The Hall–Kier alpha value is -1.75. The standard InChI is InChI=1S/C13H15ClN2O3/c14-9-3-4-11(10(7-9)13(15)18)19-8-12(17)16-5-1-2-6-16/h3-4,7H,1-2,5-6,8H2,(H2,15,18). The number of carbonyl (C=O) groups is 2. The molecule has 1 saturated heterocycles. The lowest BCUT2D eigenvalue weighted by Crippen LogP contribution is -2.32. The normalized spacial score (nSPS) is 14.5. The molecule has 2 rings (SSSR count). The minimum absolute atomic E-state index is 0.0807. The van der Waals surface area contributed by atoms with Crippen molar-refractivity contribution in [3.63, 3.8) is 0 Å². The number of nitrogens with zero attached hydrogens (tertiary/aromatic N) is 1. The van der Waals surface area contributed by atoms with Crippen LogP contribution in [-0.4, -0.2) is 36.4 Å². The molecule has 0 aromatic heterocycles. The van der Waals surface area contributed by atoms with Crippen molar-refractivity contribution in [1.82, 2.24) is 4.90 Å². The molecule has 5 nitrogen and oxygen atoms in total. The van der Waals surface area contributed by atoms with Crippen LogP contribution in [0.4, 0.5) is 0 Å². The molecule has 0 saturated carbocycles. The third-order valence-corrected chi connectivity index (χ3v) is 3.25. The van der Waals surface area contributed by atoms with Gasteiger partial charge in [-0.2, -0.15) is 0 Å². The number of rotatable bonds is 4. The van der Waals surface area contributed by atoms with Gasteiger partial charge in [0, 0.05) is 18.1 Å². The summed E-state index contributed by atoms with van der Waals surface area (Å²) in [7, 11) is 0. The third-order valence-electron chi connectivity index (χ3n) is 3.02. The highest BCUT2D eigenvalue weighted by Gasteiger charge is 2.19. The van der Waals surface area contributed by atoms with Gasteiger partial charge in [-0.25, -0.2) is 0 Å². The highest BCUT2D eigenvalue weighted by molar-refractivity contribution is 6.31. The van der Waals surface area contributed by atoms with E-state index in [4.69, 9.17) is 22.1 Å². The minimum atomic E-state index is -0.633. The van der Waals surface area contributed by atoms with Crippen molar-refractivity contribution < 1.29 is 14.3 Å². The smallest absolute Gasteiger partial charge is 0.260 e. The molecule has 6 heteroatoms. The van der Waals surface area contributed by atoms with Gasteiger partial charge in [0.05, 0.1) is 5.56 Å². The SMILES string of the molecule is NC(=O)c1cc(Cl)ccc1OCC(=O)N1CCCC1. The zero-order valence-electron chi connectivity index (χ0n) is 10.4. The lowest BCUT2D eigenvalue weighted by Gasteiger charge is -2.16. The van der Waals surface area contributed by atoms with E-state index in [-0.39, 0.29) is 23.8 Å². The monoisotopic (exact) mass is 282 g/mol. The first-order valence-electron chi connectivity index (χ1n) is 6.08. The maximum absolute atomic E-state index is 11.8. The highest BCUT2D eigenvalue weighted by atomic mass is 35.5. The number of amides is 2. The highest BCUT2D eigenvalue weighted by Crippen LogP contribution is 2.22. The molecule has 0 atom stereocenters. The van der Waals surface area contributed by atoms with Crippen molar-refractivity contribution in [3.05, 3.63) is 28.8 Å². The second-order valence-corrected chi connectivity index (χ2v) is 4.82. The Labute approximate surface area is 116 Å². The zero-order chi connectivity index (χ0) is 13.8. The molecule has 1 aromatic carbocycles. The number of hydrogen-bond donors (Lipinski definition) is 1. The van der Waals surface area contributed by atoms with E-state index in [1.54, 1.807) is 17.0 Å². The Morgan fingerprint density at radius 2 is 2.00 bits per heavy atom. The van der Waals surface area contributed by atoms with Crippen LogP contribution in [0.3, 0.4) is 0 Å². The minimum Gasteiger partial charge on any atom is -0.483 e. The molecule has 1 aliphatic heterocycles. The summed E-state index contributed by atoms with van der Waals surface area (Å²) in [4.78, 5) is 24.8. The molecule has 2 amide bonds. The summed E-state index contributed by atoms with van der Waals surface area (Å²) >= 11 is 5.79. The molecular formula is C13H15ClN2O3. The Morgan fingerprint density at radius 3 is 2.63 bits per heavy atom. The Bertz CT molecular complexity index is 499. The summed E-state index contributed by atoms with van der Waals surface area (Å²) in [6.07, 6.45) is 2.05. The first-order valence-corrected chi connectivity index (χ1v) is 6.45. The molecule has 0 bridgehead atoms. The fourth-order valence-electron chi connectivity index (χ4n) is 2.02. The van der Waals surface area contributed by atoms with Crippen LogP contribution in [0, 0.1) is 0 Å². The van der Waals surface area contributed by atoms with Crippen molar-refractivity contribution in [3.8, 4) is 5.75 Å². The molecule has 1 aliphatic rings. The van der Waals surface area contributed by atoms with Crippen molar-refractivity contribution in [2.45, 2.75) is 12.8 Å². The molecule has 1 heterocycles. The van der Waals surface area contributed by atoms with Gasteiger partial charge in [-0.1, -0.05) is 11.6 Å². The van der Waals surface area contributed by atoms with E-state index in [2.05, 4.69) is 0 Å². The molecule has 0 spiro atoms. The van der Waals surface area contributed by atoms with Gasteiger partial charge >= 0.3 is 0 Å². The average Bonchev–Trinajstić information content (AvgIpc) is 2.90. The average molecular weight is 283 g/mol. The van der Waals surface area contributed by atoms with Gasteiger partial charge in [-0.15, -0.1) is 0 Å². The Kier molecular flexibility index (Phi) is 4.27. The lowest BCUT2D eigenvalue weighted by molar-refractivity contribution is -0.132. The van der Waals surface area contributed by atoms with Crippen LogP contribution in [-0.2, 0) is 4.79 Å². The van der Waals surface area contributed by atoms with Crippen LogP contribution in [0.1, 0.15) is 23.2 Å². The number of primary amides is 1. The molecule has 0 radical (unpaired) electrons.